The van der Waals surface area contributed by atoms with Crippen molar-refractivity contribution < 1.29 is 0 Å². The van der Waals surface area contributed by atoms with Crippen LogP contribution in [0.15, 0.2) is 164 Å². The Morgan fingerprint density at radius 2 is 0.912 bits per heavy atom. The molecule has 0 radical (unpaired) electrons. The first-order valence-corrected chi connectivity index (χ1v) is 19.2. The monoisotopic (exact) mass is 728 g/mol. The third-order valence-electron chi connectivity index (χ3n) is 11.7. The standard InChI is InChI=1S/C53H36N4/c1-33-13-4-6-17-39(33)36-23-26-49-44(29-36)41-19-8-10-21-47(41)56(49)51-28-25-43(52-35(3)15-12-16-38(52)31-54)53(46(51)32-55)57-48-22-11-9-20-42(48)45-30-37(24-27-50(45)57)40-18-7-5-14-34(40)2/h4-30H,1-3H3. The van der Waals surface area contributed by atoms with Crippen LogP contribution >= 0.6 is 0 Å². The van der Waals surface area contributed by atoms with Crippen LogP contribution in [0, 0.1) is 43.4 Å². The van der Waals surface area contributed by atoms with E-state index in [2.05, 4.69) is 181 Å². The second kappa shape index (κ2) is 13.3. The Morgan fingerprint density at radius 3 is 1.49 bits per heavy atom. The molecule has 0 unspecified atom stereocenters. The number of nitriles is 2. The number of rotatable bonds is 5. The lowest BCUT2D eigenvalue weighted by Gasteiger charge is -2.21. The van der Waals surface area contributed by atoms with Gasteiger partial charge in [-0.3, -0.25) is 0 Å². The Balaban J connectivity index is 1.33. The quantitative estimate of drug-likeness (QED) is 0.177. The molecule has 57 heavy (non-hydrogen) atoms. The first-order chi connectivity index (χ1) is 28.0. The summed E-state index contributed by atoms with van der Waals surface area (Å²) in [5.74, 6) is 0. The minimum absolute atomic E-state index is 0.524. The molecule has 0 N–H and O–H groups in total. The van der Waals surface area contributed by atoms with Crippen molar-refractivity contribution in [1.82, 2.24) is 9.13 Å². The number of aryl methyl sites for hydroxylation is 3. The summed E-state index contributed by atoms with van der Waals surface area (Å²) in [6.45, 7) is 6.33. The molecule has 2 heterocycles. The number of nitrogens with zero attached hydrogens (tertiary/aromatic N) is 4. The Morgan fingerprint density at radius 1 is 0.404 bits per heavy atom. The molecule has 0 aliphatic heterocycles. The van der Waals surface area contributed by atoms with E-state index in [1.54, 1.807) is 0 Å². The SMILES string of the molecule is Cc1ccccc1-c1ccc2c(c1)c1ccccc1n2-c1ccc(-c2c(C)cccc2C#N)c(-n2c3ccccc3c3cc(-c4ccccc4C)ccc32)c1C#N. The highest BCUT2D eigenvalue weighted by atomic mass is 15.0. The van der Waals surface area contributed by atoms with Gasteiger partial charge in [0.05, 0.1) is 45.1 Å². The third kappa shape index (κ3) is 5.20. The molecule has 0 saturated carbocycles. The molecular weight excluding hydrogens is 693 g/mol. The van der Waals surface area contributed by atoms with Gasteiger partial charge in [0.25, 0.3) is 0 Å². The van der Waals surface area contributed by atoms with Crippen molar-refractivity contribution in [2.45, 2.75) is 20.8 Å². The predicted molar refractivity (Wildman–Crippen MR) is 235 cm³/mol. The van der Waals surface area contributed by atoms with E-state index in [1.807, 2.05) is 25.1 Å². The zero-order valence-corrected chi connectivity index (χ0v) is 31.9. The number of aromatic nitrogens is 2. The lowest BCUT2D eigenvalue weighted by Crippen LogP contribution is -2.07. The van der Waals surface area contributed by atoms with Gasteiger partial charge in [-0.15, -0.1) is 0 Å². The number of hydrogen-bond donors (Lipinski definition) is 0. The summed E-state index contributed by atoms with van der Waals surface area (Å²) in [6.07, 6.45) is 0. The number of benzene rings is 8. The minimum Gasteiger partial charge on any atom is -0.308 e. The second-order valence-corrected chi connectivity index (χ2v) is 14.9. The molecule has 10 rings (SSSR count). The average molecular weight is 729 g/mol. The van der Waals surface area contributed by atoms with Crippen LogP contribution in [0.2, 0.25) is 0 Å². The van der Waals surface area contributed by atoms with Gasteiger partial charge in [0.1, 0.15) is 11.6 Å². The van der Waals surface area contributed by atoms with Crippen molar-refractivity contribution in [2.75, 3.05) is 0 Å². The zero-order valence-electron chi connectivity index (χ0n) is 31.9. The summed E-state index contributed by atoms with van der Waals surface area (Å²) >= 11 is 0. The van der Waals surface area contributed by atoms with Crippen molar-refractivity contribution in [1.29, 1.82) is 10.5 Å². The Kier molecular flexibility index (Phi) is 7.89. The molecule has 2 aromatic heterocycles. The number of para-hydroxylation sites is 2. The van der Waals surface area contributed by atoms with Gasteiger partial charge >= 0.3 is 0 Å². The topological polar surface area (TPSA) is 57.4 Å². The Hall–Kier alpha value is -7.66. The molecule has 0 amide bonds. The molecule has 0 aliphatic carbocycles. The summed E-state index contributed by atoms with van der Waals surface area (Å²) in [4.78, 5) is 0. The van der Waals surface area contributed by atoms with Gasteiger partial charge in [-0.25, -0.2) is 0 Å². The average Bonchev–Trinajstić information content (AvgIpc) is 3.75. The van der Waals surface area contributed by atoms with Crippen molar-refractivity contribution >= 4 is 43.6 Å². The summed E-state index contributed by atoms with van der Waals surface area (Å²) < 4.78 is 4.49. The molecule has 0 spiro atoms. The van der Waals surface area contributed by atoms with Gasteiger partial charge in [-0.05, 0) is 108 Å². The lowest BCUT2D eigenvalue weighted by molar-refractivity contribution is 1.12. The highest BCUT2D eigenvalue weighted by Crippen LogP contribution is 2.44. The first kappa shape index (κ1) is 33.9. The van der Waals surface area contributed by atoms with Gasteiger partial charge < -0.3 is 9.13 Å². The Bertz CT molecular complexity index is 3360. The van der Waals surface area contributed by atoms with Gasteiger partial charge in [-0.1, -0.05) is 115 Å². The van der Waals surface area contributed by atoms with E-state index in [0.717, 1.165) is 82.8 Å². The highest BCUT2D eigenvalue weighted by molar-refractivity contribution is 6.13. The van der Waals surface area contributed by atoms with Gasteiger partial charge in [0.15, 0.2) is 0 Å². The summed E-state index contributed by atoms with van der Waals surface area (Å²) in [5.41, 5.74) is 16.4. The van der Waals surface area contributed by atoms with Gasteiger partial charge in [-0.2, -0.15) is 10.5 Å². The maximum Gasteiger partial charge on any atom is 0.104 e. The zero-order chi connectivity index (χ0) is 38.8. The van der Waals surface area contributed by atoms with Crippen LogP contribution in [0.5, 0.6) is 0 Å². The van der Waals surface area contributed by atoms with Crippen LogP contribution in [0.4, 0.5) is 0 Å². The van der Waals surface area contributed by atoms with Crippen LogP contribution in [-0.2, 0) is 0 Å². The van der Waals surface area contributed by atoms with Crippen molar-refractivity contribution in [3.63, 3.8) is 0 Å². The maximum atomic E-state index is 11.6. The molecule has 0 saturated heterocycles. The van der Waals surface area contributed by atoms with E-state index in [9.17, 15) is 10.5 Å². The molecule has 0 atom stereocenters. The normalized spacial score (nSPS) is 11.4. The maximum absolute atomic E-state index is 11.6. The van der Waals surface area contributed by atoms with E-state index in [1.165, 1.54) is 22.3 Å². The van der Waals surface area contributed by atoms with Crippen molar-refractivity contribution in [3.05, 3.63) is 192 Å². The molecule has 0 fully saturated rings. The van der Waals surface area contributed by atoms with Crippen LogP contribution in [0.3, 0.4) is 0 Å². The lowest BCUT2D eigenvalue weighted by atomic mass is 9.91. The van der Waals surface area contributed by atoms with Crippen LogP contribution in [0.25, 0.3) is 88.4 Å². The van der Waals surface area contributed by atoms with Crippen LogP contribution in [-0.4, -0.2) is 9.13 Å². The largest absolute Gasteiger partial charge is 0.308 e. The molecule has 0 aliphatic rings. The third-order valence-corrected chi connectivity index (χ3v) is 11.7. The second-order valence-electron chi connectivity index (χ2n) is 14.9. The smallest absolute Gasteiger partial charge is 0.104 e. The van der Waals surface area contributed by atoms with Crippen molar-refractivity contribution in [2.24, 2.45) is 0 Å². The van der Waals surface area contributed by atoms with E-state index in [4.69, 9.17) is 0 Å². The Labute approximate surface area is 331 Å². The summed E-state index contributed by atoms with van der Waals surface area (Å²) in [5, 5.41) is 26.5. The van der Waals surface area contributed by atoms with Crippen molar-refractivity contribution in [3.8, 4) is 56.9 Å². The molecule has 8 aromatic carbocycles. The van der Waals surface area contributed by atoms with E-state index >= 15 is 0 Å². The molecule has 0 bridgehead atoms. The number of fused-ring (bicyclic) bond motifs is 6. The molecule has 4 heteroatoms. The minimum atomic E-state index is 0.524. The van der Waals surface area contributed by atoms with Gasteiger partial charge in [0.2, 0.25) is 0 Å². The molecule has 268 valence electrons. The predicted octanol–water partition coefficient (Wildman–Crippen LogP) is 13.6. The van der Waals surface area contributed by atoms with E-state index < -0.39 is 0 Å². The summed E-state index contributed by atoms with van der Waals surface area (Å²) in [7, 11) is 0. The molecular formula is C53H36N4. The van der Waals surface area contributed by atoms with Crippen LogP contribution < -0.4 is 0 Å². The fourth-order valence-corrected chi connectivity index (χ4v) is 9.00. The highest BCUT2D eigenvalue weighted by Gasteiger charge is 2.26. The van der Waals surface area contributed by atoms with E-state index in [0.29, 0.717) is 11.1 Å². The summed E-state index contributed by atoms with van der Waals surface area (Å²) in [6, 6.07) is 62.3. The fraction of sp³-hybridized carbons (Fsp3) is 0.0566. The molecule has 10 aromatic rings. The van der Waals surface area contributed by atoms with Gasteiger partial charge in [0, 0.05) is 32.7 Å². The van der Waals surface area contributed by atoms with Crippen LogP contribution in [0.1, 0.15) is 27.8 Å². The molecule has 4 nitrogen and oxygen atoms in total. The fourth-order valence-electron chi connectivity index (χ4n) is 9.00. The van der Waals surface area contributed by atoms with E-state index in [-0.39, 0.29) is 0 Å². The first-order valence-electron chi connectivity index (χ1n) is 19.2. The number of hydrogen-bond acceptors (Lipinski definition) is 2.